The Morgan fingerprint density at radius 3 is 2.60 bits per heavy atom. The average Bonchev–Trinajstić information content (AvgIpc) is 3.42. The number of ether oxygens (including phenoxy) is 3. The normalized spacial score (nSPS) is 27.3. The molecular weight excluding hydrogens is 576 g/mol. The summed E-state index contributed by atoms with van der Waals surface area (Å²) < 4.78 is 18.3. The zero-order valence-electron chi connectivity index (χ0n) is 27.7. The monoisotopic (exact) mass is 630 g/mol. The van der Waals surface area contributed by atoms with E-state index in [1.165, 1.54) is 7.11 Å². The summed E-state index contributed by atoms with van der Waals surface area (Å²) in [5, 5.41) is 34.0. The Kier molecular flexibility index (Phi) is 12.7. The lowest BCUT2D eigenvalue weighted by Crippen LogP contribution is -2.56. The second-order valence-corrected chi connectivity index (χ2v) is 13.3. The molecule has 7 atom stereocenters. The first-order chi connectivity index (χ1) is 21.6. The summed E-state index contributed by atoms with van der Waals surface area (Å²) in [6, 6.07) is 2.61. The van der Waals surface area contributed by atoms with Crippen LogP contribution >= 0.6 is 0 Å². The number of benzene rings is 1. The van der Waals surface area contributed by atoms with Gasteiger partial charge in [-0.2, -0.15) is 0 Å². The highest BCUT2D eigenvalue weighted by atomic mass is 16.5. The van der Waals surface area contributed by atoms with E-state index >= 15 is 0 Å². The Balaban J connectivity index is 1.67. The number of nitrogens with one attached hydrogen (secondary N) is 1. The van der Waals surface area contributed by atoms with Crippen LogP contribution in [0.5, 0.6) is 11.5 Å². The highest BCUT2D eigenvalue weighted by Gasteiger charge is 2.51. The first-order valence-electron chi connectivity index (χ1n) is 16.8. The number of nitrogens with zero attached hydrogens (tertiary/aromatic N) is 1. The lowest BCUT2D eigenvalue weighted by atomic mass is 9.75. The number of carbonyl (C=O) groups excluding carboxylic acids is 2. The minimum Gasteiger partial charge on any atom is -0.493 e. The van der Waals surface area contributed by atoms with Crippen LogP contribution in [0.15, 0.2) is 23.8 Å². The number of hydrogen-bond donors (Lipinski definition) is 4. The van der Waals surface area contributed by atoms with Crippen molar-refractivity contribution >= 4 is 11.8 Å². The van der Waals surface area contributed by atoms with Crippen molar-refractivity contribution < 1.29 is 39.1 Å². The maximum absolute atomic E-state index is 14.0. The van der Waals surface area contributed by atoms with Gasteiger partial charge in [-0.25, -0.2) is 0 Å². The number of fused-ring (bicyclic) bond motifs is 3. The van der Waals surface area contributed by atoms with Crippen LogP contribution in [0.25, 0.3) is 0 Å². The molecule has 0 bridgehead atoms. The third-order valence-electron chi connectivity index (χ3n) is 9.81. The predicted molar refractivity (Wildman–Crippen MR) is 171 cm³/mol. The van der Waals surface area contributed by atoms with E-state index in [0.717, 1.165) is 44.9 Å². The Hall–Kier alpha value is -2.66. The molecule has 2 amide bonds. The first kappa shape index (κ1) is 35.2. The van der Waals surface area contributed by atoms with Gasteiger partial charge in [0.2, 0.25) is 11.8 Å². The van der Waals surface area contributed by atoms with Gasteiger partial charge in [0.25, 0.3) is 0 Å². The fourth-order valence-electron chi connectivity index (χ4n) is 7.34. The highest BCUT2D eigenvalue weighted by Crippen LogP contribution is 2.51. The molecular formula is C35H54N2O8. The van der Waals surface area contributed by atoms with Crippen LogP contribution < -0.4 is 14.8 Å². The molecule has 1 aliphatic heterocycles. The third kappa shape index (κ3) is 8.02. The van der Waals surface area contributed by atoms with Crippen LogP contribution in [0.3, 0.4) is 0 Å². The standard InChI is InChI=1S/C35H54N2O8/c1-6-7-8-9-13-37(30(40)20-44-28-15-22(4)10-11-24(28)21(2)3)27-18-26(35(42)36-12-14-38)31-25-16-23(19-39)17-29(43-5)33(25)45-34(31)32(27)41/h16-18,21-22,24,27-28,31-32,34,38-39,41H,6-15,19-20H2,1-5H3,(H,36,42). The van der Waals surface area contributed by atoms with Crippen molar-refractivity contribution in [2.24, 2.45) is 17.8 Å². The van der Waals surface area contributed by atoms with Crippen LogP contribution in [0.1, 0.15) is 89.7 Å². The number of carbonyl (C=O) groups is 2. The Morgan fingerprint density at radius 2 is 1.93 bits per heavy atom. The fourth-order valence-corrected chi connectivity index (χ4v) is 7.34. The molecule has 4 N–H and O–H groups in total. The van der Waals surface area contributed by atoms with Gasteiger partial charge >= 0.3 is 0 Å². The van der Waals surface area contributed by atoms with Crippen LogP contribution in [-0.4, -0.2) is 89.8 Å². The van der Waals surface area contributed by atoms with Crippen LogP contribution in [0, 0.1) is 17.8 Å². The summed E-state index contributed by atoms with van der Waals surface area (Å²) in [5.74, 6) is 0.880. The van der Waals surface area contributed by atoms with E-state index in [9.17, 15) is 24.9 Å². The smallest absolute Gasteiger partial charge is 0.249 e. The lowest BCUT2D eigenvalue weighted by molar-refractivity contribution is -0.147. The second-order valence-electron chi connectivity index (χ2n) is 13.3. The number of hydrogen-bond acceptors (Lipinski definition) is 8. The van der Waals surface area contributed by atoms with Crippen molar-refractivity contribution in [3.05, 3.63) is 34.9 Å². The number of unbranched alkanes of at least 4 members (excludes halogenated alkanes) is 3. The molecule has 2 aliphatic carbocycles. The van der Waals surface area contributed by atoms with E-state index in [1.807, 2.05) is 0 Å². The Bertz CT molecular complexity index is 1190. The predicted octanol–water partition coefficient (Wildman–Crippen LogP) is 3.70. The van der Waals surface area contributed by atoms with Gasteiger partial charge < -0.3 is 39.7 Å². The summed E-state index contributed by atoms with van der Waals surface area (Å²) in [4.78, 5) is 29.3. The van der Waals surface area contributed by atoms with E-state index in [0.29, 0.717) is 52.5 Å². The Labute approximate surface area is 268 Å². The summed E-state index contributed by atoms with van der Waals surface area (Å²) in [7, 11) is 1.50. The molecule has 1 saturated carbocycles. The summed E-state index contributed by atoms with van der Waals surface area (Å²) in [6.07, 6.45) is 6.59. The van der Waals surface area contributed by atoms with E-state index in [-0.39, 0.29) is 38.4 Å². The quantitative estimate of drug-likeness (QED) is 0.215. The molecule has 0 spiro atoms. The number of aliphatic hydroxyl groups excluding tert-OH is 3. The zero-order chi connectivity index (χ0) is 32.7. The van der Waals surface area contributed by atoms with Crippen molar-refractivity contribution in [3.8, 4) is 11.5 Å². The molecule has 1 fully saturated rings. The number of methoxy groups -OCH3 is 1. The molecule has 252 valence electrons. The van der Waals surface area contributed by atoms with Crippen molar-refractivity contribution in [1.82, 2.24) is 10.2 Å². The molecule has 45 heavy (non-hydrogen) atoms. The average molecular weight is 631 g/mol. The molecule has 10 nitrogen and oxygen atoms in total. The van der Waals surface area contributed by atoms with Crippen molar-refractivity contribution in [1.29, 1.82) is 0 Å². The van der Waals surface area contributed by atoms with Gasteiger partial charge in [0.15, 0.2) is 11.5 Å². The van der Waals surface area contributed by atoms with Gasteiger partial charge in [0.05, 0.1) is 38.4 Å². The molecule has 0 radical (unpaired) electrons. The van der Waals surface area contributed by atoms with E-state index < -0.39 is 30.1 Å². The molecule has 4 rings (SSSR count). The van der Waals surface area contributed by atoms with Gasteiger partial charge in [-0.3, -0.25) is 9.59 Å². The molecule has 0 aromatic heterocycles. The minimum atomic E-state index is -1.15. The van der Waals surface area contributed by atoms with E-state index in [4.69, 9.17) is 14.2 Å². The number of aliphatic hydroxyl groups is 3. The zero-order valence-corrected chi connectivity index (χ0v) is 27.7. The van der Waals surface area contributed by atoms with Gasteiger partial charge in [-0.05, 0) is 60.8 Å². The van der Waals surface area contributed by atoms with Crippen molar-refractivity contribution in [2.45, 2.75) is 110 Å². The lowest BCUT2D eigenvalue weighted by Gasteiger charge is -2.41. The fraction of sp³-hybridized carbons (Fsp3) is 0.714. The topological polar surface area (TPSA) is 138 Å². The Morgan fingerprint density at radius 1 is 1.16 bits per heavy atom. The summed E-state index contributed by atoms with van der Waals surface area (Å²) in [5.41, 5.74) is 1.55. The van der Waals surface area contributed by atoms with Gasteiger partial charge in [0.1, 0.15) is 18.8 Å². The van der Waals surface area contributed by atoms with E-state index in [1.54, 1.807) is 23.1 Å². The van der Waals surface area contributed by atoms with Crippen LogP contribution in [0.4, 0.5) is 0 Å². The minimum absolute atomic E-state index is 0.00323. The highest BCUT2D eigenvalue weighted by molar-refractivity contribution is 5.96. The molecule has 0 saturated heterocycles. The molecule has 1 aromatic carbocycles. The van der Waals surface area contributed by atoms with Gasteiger partial charge in [-0.1, -0.05) is 53.4 Å². The number of amides is 2. The molecule has 3 aliphatic rings. The van der Waals surface area contributed by atoms with Crippen molar-refractivity contribution in [3.63, 3.8) is 0 Å². The van der Waals surface area contributed by atoms with Crippen LogP contribution in [0.2, 0.25) is 0 Å². The molecule has 10 heteroatoms. The van der Waals surface area contributed by atoms with Gasteiger partial charge in [-0.15, -0.1) is 0 Å². The second kappa shape index (κ2) is 16.3. The van der Waals surface area contributed by atoms with Gasteiger partial charge in [0, 0.05) is 24.2 Å². The maximum Gasteiger partial charge on any atom is 0.249 e. The maximum atomic E-state index is 14.0. The molecule has 1 heterocycles. The third-order valence-corrected chi connectivity index (χ3v) is 9.81. The molecule has 1 aromatic rings. The van der Waals surface area contributed by atoms with Crippen LogP contribution in [-0.2, 0) is 20.9 Å². The summed E-state index contributed by atoms with van der Waals surface area (Å²) >= 11 is 0. The largest absolute Gasteiger partial charge is 0.493 e. The SMILES string of the molecule is CCCCCCN(C(=O)COC1CC(C)CCC1C(C)C)C1C=C(C(=O)NCCO)C2c3cc(CO)cc(OC)c3OC2C1O. The van der Waals surface area contributed by atoms with E-state index in [2.05, 4.69) is 33.0 Å². The molecule has 7 unspecified atom stereocenters. The first-order valence-corrected chi connectivity index (χ1v) is 16.8. The van der Waals surface area contributed by atoms with Crippen molar-refractivity contribution in [2.75, 3.05) is 33.4 Å². The summed E-state index contributed by atoms with van der Waals surface area (Å²) in [6.45, 7) is 8.67. The number of rotatable bonds is 15.